The lowest BCUT2D eigenvalue weighted by Gasteiger charge is -2.38. The Morgan fingerprint density at radius 2 is 1.76 bits per heavy atom. The van der Waals surface area contributed by atoms with Gasteiger partial charge in [-0.25, -0.2) is 0 Å². The van der Waals surface area contributed by atoms with Gasteiger partial charge in [-0.1, -0.05) is 0 Å². The highest BCUT2D eigenvalue weighted by atomic mass is 16.5. The maximum atomic E-state index is 6.42. The normalized spacial score (nSPS) is 22.0. The summed E-state index contributed by atoms with van der Waals surface area (Å²) >= 11 is 0. The highest BCUT2D eigenvalue weighted by Gasteiger charge is 2.24. The maximum absolute atomic E-state index is 6.42. The second-order valence-corrected chi connectivity index (χ2v) is 5.88. The van der Waals surface area contributed by atoms with E-state index in [0.717, 1.165) is 43.1 Å². The topological polar surface area (TPSA) is 51.0 Å². The predicted octanol–water partition coefficient (Wildman–Crippen LogP) is 1.34. The zero-order chi connectivity index (χ0) is 15.4. The Kier molecular flexibility index (Phi) is 5.45. The largest absolute Gasteiger partial charge is 0.497 e. The predicted molar refractivity (Wildman–Crippen MR) is 85.0 cm³/mol. The van der Waals surface area contributed by atoms with Crippen LogP contribution in [0.2, 0.25) is 0 Å². The molecule has 21 heavy (non-hydrogen) atoms. The molecule has 0 aliphatic carbocycles. The second kappa shape index (κ2) is 7.11. The minimum atomic E-state index is -0.0204. The van der Waals surface area contributed by atoms with Crippen molar-refractivity contribution in [1.82, 2.24) is 9.80 Å². The summed E-state index contributed by atoms with van der Waals surface area (Å²) in [5.74, 6) is 1.57. The summed E-state index contributed by atoms with van der Waals surface area (Å²) in [4.78, 5) is 4.76. The van der Waals surface area contributed by atoms with Crippen LogP contribution in [0.1, 0.15) is 18.0 Å². The molecule has 1 aromatic rings. The Morgan fingerprint density at radius 1 is 1.14 bits per heavy atom. The van der Waals surface area contributed by atoms with E-state index in [-0.39, 0.29) is 6.04 Å². The molecule has 118 valence electrons. The van der Waals surface area contributed by atoms with Crippen LogP contribution < -0.4 is 15.2 Å². The quantitative estimate of drug-likeness (QED) is 0.888. The molecule has 2 unspecified atom stereocenters. The number of benzene rings is 1. The van der Waals surface area contributed by atoms with Crippen LogP contribution >= 0.6 is 0 Å². The monoisotopic (exact) mass is 293 g/mol. The number of nitrogens with zero attached hydrogens (tertiary/aromatic N) is 2. The molecule has 2 atom stereocenters. The number of ether oxygens (including phenoxy) is 2. The van der Waals surface area contributed by atoms with Crippen LogP contribution in [0.4, 0.5) is 0 Å². The number of likely N-dealkylation sites (N-methyl/N-ethyl adjacent to an activating group) is 2. The zero-order valence-electron chi connectivity index (χ0n) is 13.5. The third-order valence-corrected chi connectivity index (χ3v) is 4.31. The van der Waals surface area contributed by atoms with Gasteiger partial charge in [-0.3, -0.25) is 0 Å². The summed E-state index contributed by atoms with van der Waals surface area (Å²) in [6.45, 7) is 3.27. The van der Waals surface area contributed by atoms with Gasteiger partial charge in [0.25, 0.3) is 0 Å². The van der Waals surface area contributed by atoms with E-state index in [1.54, 1.807) is 14.2 Å². The van der Waals surface area contributed by atoms with Gasteiger partial charge in [-0.15, -0.1) is 0 Å². The maximum Gasteiger partial charge on any atom is 0.122 e. The van der Waals surface area contributed by atoms with E-state index in [1.807, 2.05) is 18.2 Å². The lowest BCUT2D eigenvalue weighted by molar-refractivity contribution is 0.104. The number of rotatable bonds is 5. The second-order valence-electron chi connectivity index (χ2n) is 5.88. The summed E-state index contributed by atoms with van der Waals surface area (Å²) < 4.78 is 10.6. The van der Waals surface area contributed by atoms with Gasteiger partial charge in [0.1, 0.15) is 11.5 Å². The van der Waals surface area contributed by atoms with Crippen molar-refractivity contribution in [2.24, 2.45) is 5.73 Å². The van der Waals surface area contributed by atoms with Crippen molar-refractivity contribution in [2.75, 3.05) is 47.9 Å². The molecule has 2 rings (SSSR count). The molecule has 1 heterocycles. The van der Waals surface area contributed by atoms with Crippen LogP contribution in [0.15, 0.2) is 18.2 Å². The molecule has 1 aliphatic heterocycles. The Balaban J connectivity index is 2.10. The lowest BCUT2D eigenvalue weighted by Crippen LogP contribution is -2.50. The molecular weight excluding hydrogens is 266 g/mol. The van der Waals surface area contributed by atoms with Gasteiger partial charge in [-0.05, 0) is 38.2 Å². The molecule has 1 fully saturated rings. The van der Waals surface area contributed by atoms with Crippen LogP contribution in [0, 0.1) is 0 Å². The van der Waals surface area contributed by atoms with E-state index in [9.17, 15) is 0 Å². The van der Waals surface area contributed by atoms with Crippen molar-refractivity contribution in [3.8, 4) is 11.5 Å². The standard InChI is InChI=1S/C16H27N3O2/c1-18-5-6-19(2)13(11-18)9-16(17)12-7-14(20-3)10-15(8-12)21-4/h7-8,10,13,16H,5-6,9,11,17H2,1-4H3. The van der Waals surface area contributed by atoms with Crippen molar-refractivity contribution >= 4 is 0 Å². The van der Waals surface area contributed by atoms with Gasteiger partial charge >= 0.3 is 0 Å². The van der Waals surface area contributed by atoms with Crippen LogP contribution in [-0.2, 0) is 0 Å². The minimum Gasteiger partial charge on any atom is -0.497 e. The molecule has 5 heteroatoms. The fourth-order valence-electron chi connectivity index (χ4n) is 2.83. The number of piperazine rings is 1. The van der Waals surface area contributed by atoms with Gasteiger partial charge in [0.15, 0.2) is 0 Å². The average Bonchev–Trinajstić information content (AvgIpc) is 2.50. The van der Waals surface area contributed by atoms with Crippen LogP contribution in [0.5, 0.6) is 11.5 Å². The highest BCUT2D eigenvalue weighted by Crippen LogP contribution is 2.28. The molecule has 0 radical (unpaired) electrons. The van der Waals surface area contributed by atoms with E-state index in [2.05, 4.69) is 23.9 Å². The van der Waals surface area contributed by atoms with Crippen molar-refractivity contribution in [3.05, 3.63) is 23.8 Å². The van der Waals surface area contributed by atoms with Gasteiger partial charge in [0.05, 0.1) is 14.2 Å². The number of nitrogens with two attached hydrogens (primary N) is 1. The van der Waals surface area contributed by atoms with Crippen molar-refractivity contribution in [2.45, 2.75) is 18.5 Å². The molecule has 1 saturated heterocycles. The first kappa shape index (κ1) is 16.1. The molecule has 0 bridgehead atoms. The Morgan fingerprint density at radius 3 is 2.33 bits per heavy atom. The zero-order valence-corrected chi connectivity index (χ0v) is 13.5. The van der Waals surface area contributed by atoms with Crippen LogP contribution in [-0.4, -0.2) is 63.8 Å². The third-order valence-electron chi connectivity index (χ3n) is 4.31. The van der Waals surface area contributed by atoms with E-state index >= 15 is 0 Å². The van der Waals surface area contributed by atoms with E-state index in [1.165, 1.54) is 0 Å². The molecule has 0 spiro atoms. The van der Waals surface area contributed by atoms with Gasteiger partial charge in [-0.2, -0.15) is 0 Å². The number of hydrogen-bond donors (Lipinski definition) is 1. The summed E-state index contributed by atoms with van der Waals surface area (Å²) in [6, 6.07) is 6.33. The first-order valence-electron chi connectivity index (χ1n) is 7.40. The Bertz CT molecular complexity index is 445. The van der Waals surface area contributed by atoms with Crippen LogP contribution in [0.3, 0.4) is 0 Å². The van der Waals surface area contributed by atoms with Crippen molar-refractivity contribution in [3.63, 3.8) is 0 Å². The van der Waals surface area contributed by atoms with Crippen molar-refractivity contribution < 1.29 is 9.47 Å². The molecular formula is C16H27N3O2. The fraction of sp³-hybridized carbons (Fsp3) is 0.625. The first-order chi connectivity index (χ1) is 10.0. The molecule has 0 amide bonds. The van der Waals surface area contributed by atoms with E-state index in [0.29, 0.717) is 6.04 Å². The van der Waals surface area contributed by atoms with Gasteiger partial charge in [0, 0.05) is 37.8 Å². The van der Waals surface area contributed by atoms with Crippen LogP contribution in [0.25, 0.3) is 0 Å². The van der Waals surface area contributed by atoms with Gasteiger partial charge < -0.3 is 25.0 Å². The van der Waals surface area contributed by atoms with Crippen molar-refractivity contribution in [1.29, 1.82) is 0 Å². The Hall–Kier alpha value is -1.30. The third kappa shape index (κ3) is 4.09. The molecule has 1 aliphatic rings. The van der Waals surface area contributed by atoms with E-state index in [4.69, 9.17) is 15.2 Å². The summed E-state index contributed by atoms with van der Waals surface area (Å²) in [7, 11) is 7.67. The fourth-order valence-corrected chi connectivity index (χ4v) is 2.83. The number of hydrogen-bond acceptors (Lipinski definition) is 5. The SMILES string of the molecule is COc1cc(OC)cc(C(N)CC2CN(C)CCN2C)c1. The molecule has 0 saturated carbocycles. The lowest BCUT2D eigenvalue weighted by atomic mass is 9.97. The van der Waals surface area contributed by atoms with E-state index < -0.39 is 0 Å². The Labute approximate surface area is 127 Å². The van der Waals surface area contributed by atoms with Gasteiger partial charge in [0.2, 0.25) is 0 Å². The summed E-state index contributed by atoms with van der Waals surface area (Å²) in [5, 5.41) is 0. The number of methoxy groups -OCH3 is 2. The molecule has 5 nitrogen and oxygen atoms in total. The molecule has 0 aromatic heterocycles. The summed E-state index contributed by atoms with van der Waals surface area (Å²) in [5.41, 5.74) is 7.49. The minimum absolute atomic E-state index is 0.0204. The highest BCUT2D eigenvalue weighted by molar-refractivity contribution is 5.39. The molecule has 2 N–H and O–H groups in total. The smallest absolute Gasteiger partial charge is 0.122 e. The molecule has 1 aromatic carbocycles. The summed E-state index contributed by atoms with van der Waals surface area (Å²) in [6.07, 6.45) is 0.928. The first-order valence-corrected chi connectivity index (χ1v) is 7.40. The average molecular weight is 293 g/mol.